The molecule has 0 spiro atoms. The fraction of sp³-hybridized carbons (Fsp3) is 0.125. The maximum absolute atomic E-state index is 12.0. The van der Waals surface area contributed by atoms with E-state index >= 15 is 0 Å². The second-order valence-corrected chi connectivity index (χ2v) is 4.49. The van der Waals surface area contributed by atoms with Crippen molar-refractivity contribution >= 4 is 29.1 Å². The zero-order chi connectivity index (χ0) is 17.4. The van der Waals surface area contributed by atoms with Crippen molar-refractivity contribution in [3.8, 4) is 12.1 Å². The van der Waals surface area contributed by atoms with Gasteiger partial charge in [0.15, 0.2) is 0 Å². The van der Waals surface area contributed by atoms with Crippen LogP contribution in [0.1, 0.15) is 5.56 Å². The zero-order valence-electron chi connectivity index (χ0n) is 12.3. The van der Waals surface area contributed by atoms with Crippen molar-refractivity contribution in [1.29, 1.82) is 10.5 Å². The van der Waals surface area contributed by atoms with Crippen molar-refractivity contribution in [2.24, 2.45) is 0 Å². The van der Waals surface area contributed by atoms with Crippen molar-refractivity contribution in [2.75, 3.05) is 14.2 Å². The van der Waals surface area contributed by atoms with E-state index in [4.69, 9.17) is 22.1 Å². The molecule has 1 aromatic carbocycles. The minimum atomic E-state index is -0.886. The minimum Gasteiger partial charge on any atom is -0.466 e. The molecule has 0 N–H and O–H groups in total. The van der Waals surface area contributed by atoms with Crippen LogP contribution >= 0.6 is 11.6 Å². The molecule has 0 saturated heterocycles. The lowest BCUT2D eigenvalue weighted by molar-refractivity contribution is -0.138. The molecule has 0 aliphatic heterocycles. The number of benzene rings is 1. The second kappa shape index (κ2) is 8.38. The summed E-state index contributed by atoms with van der Waals surface area (Å²) in [5.74, 6) is -1.71. The molecule has 0 heterocycles. The fourth-order valence-electron chi connectivity index (χ4n) is 1.71. The topological polar surface area (TPSA) is 100 Å². The Morgan fingerprint density at radius 2 is 1.65 bits per heavy atom. The van der Waals surface area contributed by atoms with Crippen molar-refractivity contribution in [1.82, 2.24) is 0 Å². The van der Waals surface area contributed by atoms with Gasteiger partial charge in [-0.15, -0.1) is 0 Å². The number of rotatable bonds is 4. The Bertz CT molecular complexity index is 749. The number of carbonyl (C=O) groups excluding carboxylic acids is 2. The van der Waals surface area contributed by atoms with Gasteiger partial charge in [0.05, 0.1) is 19.8 Å². The molecule has 0 aliphatic rings. The summed E-state index contributed by atoms with van der Waals surface area (Å²) in [7, 11) is 2.25. The number of methoxy groups -OCH3 is 2. The Morgan fingerprint density at radius 3 is 2.09 bits per heavy atom. The van der Waals surface area contributed by atoms with E-state index in [-0.39, 0.29) is 16.7 Å². The van der Waals surface area contributed by atoms with E-state index < -0.39 is 11.9 Å². The molecule has 0 radical (unpaired) electrons. The van der Waals surface area contributed by atoms with Crippen LogP contribution in [0.2, 0.25) is 5.02 Å². The predicted molar refractivity (Wildman–Crippen MR) is 81.7 cm³/mol. The molecule has 0 aromatic heterocycles. The summed E-state index contributed by atoms with van der Waals surface area (Å²) >= 11 is 5.81. The number of nitriles is 2. The highest BCUT2D eigenvalue weighted by Crippen LogP contribution is 2.28. The first-order valence-electron chi connectivity index (χ1n) is 6.17. The maximum Gasteiger partial charge on any atom is 0.338 e. The maximum atomic E-state index is 12.0. The Hall–Kier alpha value is -3.09. The minimum absolute atomic E-state index is 0.0380. The molecule has 7 heteroatoms. The van der Waals surface area contributed by atoms with Gasteiger partial charge in [-0.1, -0.05) is 23.7 Å². The molecule has 0 unspecified atom stereocenters. The number of ether oxygens (including phenoxy) is 2. The molecule has 0 amide bonds. The van der Waals surface area contributed by atoms with E-state index in [2.05, 4.69) is 9.47 Å². The normalized spacial score (nSPS) is 10.0. The summed E-state index contributed by atoms with van der Waals surface area (Å²) in [5, 5.41) is 18.7. The third-order valence-corrected chi connectivity index (χ3v) is 3.00. The van der Waals surface area contributed by atoms with Crippen LogP contribution < -0.4 is 0 Å². The molecule has 6 nitrogen and oxygen atoms in total. The molecule has 0 atom stereocenters. The number of halogens is 1. The third-order valence-electron chi connectivity index (χ3n) is 2.74. The van der Waals surface area contributed by atoms with E-state index in [1.807, 2.05) is 0 Å². The lowest BCUT2D eigenvalue weighted by atomic mass is 9.93. The molecule has 23 heavy (non-hydrogen) atoms. The Labute approximate surface area is 137 Å². The van der Waals surface area contributed by atoms with E-state index in [9.17, 15) is 9.59 Å². The average molecular weight is 331 g/mol. The molecule has 116 valence electrons. The van der Waals surface area contributed by atoms with Crippen molar-refractivity contribution < 1.29 is 19.1 Å². The van der Waals surface area contributed by atoms with Gasteiger partial charge in [0, 0.05) is 16.7 Å². The number of carbonyl (C=O) groups is 2. The van der Waals surface area contributed by atoms with Crippen LogP contribution in [0.5, 0.6) is 0 Å². The summed E-state index contributed by atoms with van der Waals surface area (Å²) in [6, 6.07) is 9.48. The number of hydrogen-bond acceptors (Lipinski definition) is 6. The first-order chi connectivity index (χ1) is 11.0. The van der Waals surface area contributed by atoms with E-state index in [1.54, 1.807) is 12.1 Å². The second-order valence-electron chi connectivity index (χ2n) is 4.05. The summed E-state index contributed by atoms with van der Waals surface area (Å²) in [6.07, 6.45) is 0.866. The van der Waals surface area contributed by atoms with Crippen molar-refractivity contribution in [3.63, 3.8) is 0 Å². The molecule has 0 bridgehead atoms. The van der Waals surface area contributed by atoms with Gasteiger partial charge in [-0.3, -0.25) is 0 Å². The fourth-order valence-corrected chi connectivity index (χ4v) is 1.83. The first-order valence-corrected chi connectivity index (χ1v) is 6.55. The van der Waals surface area contributed by atoms with Crippen LogP contribution in [0.15, 0.2) is 41.5 Å². The monoisotopic (exact) mass is 330 g/mol. The smallest absolute Gasteiger partial charge is 0.338 e. The van der Waals surface area contributed by atoms with Crippen LogP contribution in [0.3, 0.4) is 0 Å². The number of allylic oxidation sites excluding steroid dienone is 1. The van der Waals surface area contributed by atoms with Gasteiger partial charge >= 0.3 is 11.9 Å². The van der Waals surface area contributed by atoms with E-state index in [0.29, 0.717) is 10.6 Å². The Balaban J connectivity index is 3.71. The van der Waals surface area contributed by atoms with Crippen molar-refractivity contribution in [3.05, 3.63) is 52.1 Å². The van der Waals surface area contributed by atoms with Crippen LogP contribution in [0.25, 0.3) is 5.57 Å². The van der Waals surface area contributed by atoms with Crippen LogP contribution in [0.4, 0.5) is 0 Å². The van der Waals surface area contributed by atoms with Crippen molar-refractivity contribution in [2.45, 2.75) is 0 Å². The number of hydrogen-bond donors (Lipinski definition) is 0. The van der Waals surface area contributed by atoms with Gasteiger partial charge in [-0.05, 0) is 17.7 Å². The number of esters is 2. The summed E-state index contributed by atoms with van der Waals surface area (Å²) in [4.78, 5) is 23.5. The van der Waals surface area contributed by atoms with Crippen LogP contribution in [-0.4, -0.2) is 26.2 Å². The van der Waals surface area contributed by atoms with Gasteiger partial charge in [0.25, 0.3) is 0 Å². The standard InChI is InChI=1S/C16H11ClN2O4/c1-22-14(20)7-13(16(21)23-2)15(11(8-18)9-19)10-3-5-12(17)6-4-10/h3-7H,1-2H3/b13-7+. The molecule has 0 aliphatic carbocycles. The highest BCUT2D eigenvalue weighted by Gasteiger charge is 2.23. The molecular formula is C16H11ClN2O4. The first kappa shape index (κ1) is 18.0. The summed E-state index contributed by atoms with van der Waals surface area (Å²) in [6.45, 7) is 0. The molecule has 0 saturated carbocycles. The summed E-state index contributed by atoms with van der Waals surface area (Å²) < 4.78 is 9.12. The third kappa shape index (κ3) is 4.44. The average Bonchev–Trinajstić information content (AvgIpc) is 2.58. The SMILES string of the molecule is COC(=O)/C=C(/C(=O)OC)C(=C(C#N)C#N)c1ccc(Cl)cc1. The number of nitrogens with zero attached hydrogens (tertiary/aromatic N) is 2. The summed E-state index contributed by atoms with van der Waals surface area (Å²) in [5.41, 5.74) is -0.301. The van der Waals surface area contributed by atoms with E-state index in [0.717, 1.165) is 20.3 Å². The van der Waals surface area contributed by atoms with Crippen LogP contribution in [-0.2, 0) is 19.1 Å². The van der Waals surface area contributed by atoms with Crippen LogP contribution in [0, 0.1) is 22.7 Å². The highest BCUT2D eigenvalue weighted by atomic mass is 35.5. The molecule has 0 fully saturated rings. The van der Waals surface area contributed by atoms with Gasteiger partial charge in [-0.2, -0.15) is 10.5 Å². The lowest BCUT2D eigenvalue weighted by Gasteiger charge is -2.11. The Kier molecular flexibility index (Phi) is 6.54. The van der Waals surface area contributed by atoms with Gasteiger partial charge in [-0.25, -0.2) is 9.59 Å². The predicted octanol–water partition coefficient (Wildman–Crippen LogP) is 2.41. The zero-order valence-corrected chi connectivity index (χ0v) is 13.0. The highest BCUT2D eigenvalue weighted by molar-refractivity contribution is 6.30. The van der Waals surface area contributed by atoms with Gasteiger partial charge in [0.1, 0.15) is 17.7 Å². The van der Waals surface area contributed by atoms with Gasteiger partial charge < -0.3 is 9.47 Å². The van der Waals surface area contributed by atoms with E-state index in [1.165, 1.54) is 24.3 Å². The Morgan fingerprint density at radius 1 is 1.09 bits per heavy atom. The molecule has 1 rings (SSSR count). The lowest BCUT2D eigenvalue weighted by Crippen LogP contribution is -2.11. The van der Waals surface area contributed by atoms with Gasteiger partial charge in [0.2, 0.25) is 0 Å². The molecule has 1 aromatic rings. The quantitative estimate of drug-likeness (QED) is 0.364. The largest absolute Gasteiger partial charge is 0.466 e. The molecular weight excluding hydrogens is 320 g/mol.